The number of pyridine rings is 1. The maximum atomic E-state index is 13.2. The second-order valence-corrected chi connectivity index (χ2v) is 6.27. The third-order valence-electron chi connectivity index (χ3n) is 4.24. The van der Waals surface area contributed by atoms with Crippen LogP contribution < -0.4 is 20.9 Å². The Morgan fingerprint density at radius 3 is 2.55 bits per heavy atom. The third-order valence-corrected chi connectivity index (χ3v) is 4.24. The molecule has 0 aliphatic heterocycles. The molecular weight excluding hydrogens is 373 g/mol. The number of aromatic nitrogens is 1. The molecule has 29 heavy (non-hydrogen) atoms. The summed E-state index contributed by atoms with van der Waals surface area (Å²) in [6.07, 6.45) is 2.85. The summed E-state index contributed by atoms with van der Waals surface area (Å²) < 4.78 is 20.6. The van der Waals surface area contributed by atoms with E-state index in [1.165, 1.54) is 34.9 Å². The van der Waals surface area contributed by atoms with Crippen LogP contribution in [0.5, 0.6) is 11.5 Å². The highest BCUT2D eigenvalue weighted by atomic mass is 19.1. The van der Waals surface area contributed by atoms with E-state index in [4.69, 9.17) is 4.74 Å². The Hall–Kier alpha value is -3.87. The van der Waals surface area contributed by atoms with Crippen molar-refractivity contribution in [3.8, 4) is 22.6 Å². The fraction of sp³-hybridized carbons (Fsp3) is 0.0909. The summed E-state index contributed by atoms with van der Waals surface area (Å²) >= 11 is 0. The van der Waals surface area contributed by atoms with E-state index in [0.29, 0.717) is 34.0 Å². The molecule has 0 aliphatic carbocycles. The fourth-order valence-electron chi connectivity index (χ4n) is 2.78. The third kappa shape index (κ3) is 4.52. The van der Waals surface area contributed by atoms with Crippen molar-refractivity contribution in [1.29, 1.82) is 0 Å². The van der Waals surface area contributed by atoms with Gasteiger partial charge in [0.1, 0.15) is 23.0 Å². The van der Waals surface area contributed by atoms with Crippen LogP contribution in [0.4, 0.5) is 15.8 Å². The van der Waals surface area contributed by atoms with E-state index in [9.17, 15) is 14.0 Å². The van der Waals surface area contributed by atoms with Crippen molar-refractivity contribution < 1.29 is 13.9 Å². The highest BCUT2D eigenvalue weighted by molar-refractivity contribution is 5.99. The van der Waals surface area contributed by atoms with Gasteiger partial charge in [-0.15, -0.1) is 0 Å². The van der Waals surface area contributed by atoms with Crippen LogP contribution in [-0.2, 0) is 11.8 Å². The number of carbonyl (C=O) groups is 1. The van der Waals surface area contributed by atoms with Gasteiger partial charge in [-0.3, -0.25) is 9.59 Å². The van der Waals surface area contributed by atoms with E-state index in [1.54, 1.807) is 44.6 Å². The van der Waals surface area contributed by atoms with E-state index in [0.717, 1.165) is 0 Å². The van der Waals surface area contributed by atoms with Crippen molar-refractivity contribution in [2.24, 2.45) is 7.05 Å². The molecule has 1 heterocycles. The van der Waals surface area contributed by atoms with E-state index in [2.05, 4.69) is 17.2 Å². The number of nitrogens with one attached hydrogen (secondary N) is 2. The van der Waals surface area contributed by atoms with Gasteiger partial charge in [-0.1, -0.05) is 6.58 Å². The number of rotatable bonds is 6. The van der Waals surface area contributed by atoms with Crippen LogP contribution in [0.25, 0.3) is 11.1 Å². The van der Waals surface area contributed by atoms with Crippen LogP contribution in [0.3, 0.4) is 0 Å². The number of anilines is 2. The minimum Gasteiger partial charge on any atom is -0.457 e. The number of nitrogens with zero attached hydrogens (tertiary/aromatic N) is 1. The Morgan fingerprint density at radius 2 is 1.90 bits per heavy atom. The van der Waals surface area contributed by atoms with Crippen molar-refractivity contribution in [1.82, 2.24) is 4.57 Å². The molecule has 7 heteroatoms. The number of hydrogen-bond acceptors (Lipinski definition) is 4. The number of halogens is 1. The number of aryl methyl sites for hydroxylation is 1. The van der Waals surface area contributed by atoms with Crippen LogP contribution in [0, 0.1) is 5.82 Å². The van der Waals surface area contributed by atoms with Gasteiger partial charge in [0.2, 0.25) is 5.91 Å². The van der Waals surface area contributed by atoms with Gasteiger partial charge in [0.15, 0.2) is 0 Å². The second kappa shape index (κ2) is 8.43. The zero-order valence-electron chi connectivity index (χ0n) is 16.0. The lowest BCUT2D eigenvalue weighted by Crippen LogP contribution is -2.19. The zero-order valence-corrected chi connectivity index (χ0v) is 16.0. The SMILES string of the molecule is C=CC(=O)Nc1ccc(Oc2ccc(F)cc2)c(-c2cc(NC)c(=O)n(C)c2)c1. The smallest absolute Gasteiger partial charge is 0.273 e. The molecule has 148 valence electrons. The molecule has 0 bridgehead atoms. The van der Waals surface area contributed by atoms with Crippen LogP contribution in [0.1, 0.15) is 0 Å². The Labute approximate surface area is 167 Å². The molecule has 3 rings (SSSR count). The second-order valence-electron chi connectivity index (χ2n) is 6.27. The standard InChI is InChI=1S/C22H20FN3O3/c1-4-21(27)25-16-7-10-20(29-17-8-5-15(23)6-9-17)18(12-16)14-11-19(24-2)22(28)26(3)13-14/h4-13,24H,1H2,2-3H3,(H,25,27). The predicted octanol–water partition coefficient (Wildman–Crippen LogP) is 4.15. The first-order chi connectivity index (χ1) is 13.9. The predicted molar refractivity (Wildman–Crippen MR) is 112 cm³/mol. The summed E-state index contributed by atoms with van der Waals surface area (Å²) in [7, 11) is 3.31. The molecule has 0 radical (unpaired) electrons. The van der Waals surface area contributed by atoms with E-state index in [1.807, 2.05) is 0 Å². The quantitative estimate of drug-likeness (QED) is 0.617. The Kier molecular flexibility index (Phi) is 5.78. The van der Waals surface area contributed by atoms with Crippen molar-refractivity contribution in [3.63, 3.8) is 0 Å². The molecule has 3 aromatic rings. The number of ether oxygens (including phenoxy) is 1. The van der Waals surface area contributed by atoms with Gasteiger partial charge in [0.05, 0.1) is 0 Å². The summed E-state index contributed by atoms with van der Waals surface area (Å²) in [6, 6.07) is 12.5. The molecule has 6 nitrogen and oxygen atoms in total. The summed E-state index contributed by atoms with van der Waals surface area (Å²) in [6.45, 7) is 3.45. The minimum absolute atomic E-state index is 0.173. The lowest BCUT2D eigenvalue weighted by atomic mass is 10.0. The van der Waals surface area contributed by atoms with E-state index in [-0.39, 0.29) is 17.3 Å². The van der Waals surface area contributed by atoms with Crippen LogP contribution >= 0.6 is 0 Å². The first-order valence-corrected chi connectivity index (χ1v) is 8.81. The van der Waals surface area contributed by atoms with Crippen molar-refractivity contribution >= 4 is 17.3 Å². The van der Waals surface area contributed by atoms with Crippen molar-refractivity contribution in [2.75, 3.05) is 17.7 Å². The van der Waals surface area contributed by atoms with Gasteiger partial charge in [0.25, 0.3) is 5.56 Å². The molecule has 0 unspecified atom stereocenters. The number of hydrogen-bond donors (Lipinski definition) is 2. The molecule has 0 fully saturated rings. The Morgan fingerprint density at radius 1 is 1.17 bits per heavy atom. The first kappa shape index (κ1) is 19.9. The zero-order chi connectivity index (χ0) is 21.0. The topological polar surface area (TPSA) is 72.4 Å². The Bertz CT molecular complexity index is 1120. The van der Waals surface area contributed by atoms with Crippen LogP contribution in [-0.4, -0.2) is 17.5 Å². The highest BCUT2D eigenvalue weighted by Gasteiger charge is 2.13. The molecule has 2 aromatic carbocycles. The fourth-order valence-corrected chi connectivity index (χ4v) is 2.78. The van der Waals surface area contributed by atoms with Gasteiger partial charge in [-0.05, 0) is 54.6 Å². The molecule has 1 aromatic heterocycles. The van der Waals surface area contributed by atoms with Gasteiger partial charge in [-0.2, -0.15) is 0 Å². The minimum atomic E-state index is -0.364. The van der Waals surface area contributed by atoms with E-state index < -0.39 is 0 Å². The highest BCUT2D eigenvalue weighted by Crippen LogP contribution is 2.36. The van der Waals surface area contributed by atoms with Crippen molar-refractivity contribution in [2.45, 2.75) is 0 Å². The number of amides is 1. The lowest BCUT2D eigenvalue weighted by molar-refractivity contribution is -0.111. The summed E-state index contributed by atoms with van der Waals surface area (Å²) in [4.78, 5) is 23.9. The number of carbonyl (C=O) groups excluding carboxylic acids is 1. The van der Waals surface area contributed by atoms with Crippen LogP contribution in [0.15, 0.2) is 72.2 Å². The van der Waals surface area contributed by atoms with E-state index >= 15 is 0 Å². The first-order valence-electron chi connectivity index (χ1n) is 8.81. The molecule has 2 N–H and O–H groups in total. The maximum Gasteiger partial charge on any atom is 0.273 e. The molecule has 0 saturated carbocycles. The summed E-state index contributed by atoms with van der Waals surface area (Å²) in [5, 5.41) is 5.59. The van der Waals surface area contributed by atoms with Gasteiger partial charge in [0, 0.05) is 37.1 Å². The normalized spacial score (nSPS) is 10.3. The largest absolute Gasteiger partial charge is 0.457 e. The molecule has 0 spiro atoms. The molecule has 0 saturated heterocycles. The molecule has 1 amide bonds. The Balaban J connectivity index is 2.12. The van der Waals surface area contributed by atoms with Gasteiger partial charge in [-0.25, -0.2) is 4.39 Å². The molecule has 0 aliphatic rings. The van der Waals surface area contributed by atoms with Gasteiger partial charge < -0.3 is 19.9 Å². The number of benzene rings is 2. The lowest BCUT2D eigenvalue weighted by Gasteiger charge is -2.15. The summed E-state index contributed by atoms with van der Waals surface area (Å²) in [5.41, 5.74) is 2.12. The monoisotopic (exact) mass is 393 g/mol. The van der Waals surface area contributed by atoms with Crippen LogP contribution in [0.2, 0.25) is 0 Å². The van der Waals surface area contributed by atoms with Crippen molar-refractivity contribution in [3.05, 3.63) is 83.6 Å². The maximum absolute atomic E-state index is 13.2. The summed E-state index contributed by atoms with van der Waals surface area (Å²) in [5.74, 6) is 0.222. The average molecular weight is 393 g/mol. The average Bonchev–Trinajstić information content (AvgIpc) is 2.72. The molecular formula is C22H20FN3O3. The van der Waals surface area contributed by atoms with Gasteiger partial charge >= 0.3 is 0 Å². The molecule has 0 atom stereocenters.